The van der Waals surface area contributed by atoms with Gasteiger partial charge in [0.25, 0.3) is 0 Å². The second kappa shape index (κ2) is 8.08. The highest BCUT2D eigenvalue weighted by Crippen LogP contribution is 2.49. The number of phenols is 1. The standard InChI is InChI=1S/C31H38N2O/c1-30(2,3)23-16-24(31(4,5)6)27(34)17-26(23)33-29(20-10-9-11-20)22-18-32-25-13-8-7-12-21(25)28(22)19-14-15-19/h7-8,12-13,16-18,32-34H,9-11,14-15H2,1-6H3. The van der Waals surface area contributed by atoms with Gasteiger partial charge in [-0.1, -0.05) is 65.3 Å². The van der Waals surface area contributed by atoms with Crippen LogP contribution in [0.15, 0.2) is 65.0 Å². The van der Waals surface area contributed by atoms with Crippen molar-refractivity contribution >= 4 is 16.9 Å². The number of benzene rings is 2. The van der Waals surface area contributed by atoms with E-state index >= 15 is 0 Å². The van der Waals surface area contributed by atoms with Crippen molar-refractivity contribution < 1.29 is 5.11 Å². The van der Waals surface area contributed by atoms with Gasteiger partial charge in [-0.15, -0.1) is 0 Å². The summed E-state index contributed by atoms with van der Waals surface area (Å²) in [5, 5.41) is 18.5. The number of allylic oxidation sites excluding steroid dienone is 3. The third-order valence-electron chi connectivity index (χ3n) is 7.28. The molecule has 2 aromatic carbocycles. The van der Waals surface area contributed by atoms with Gasteiger partial charge < -0.3 is 15.7 Å². The smallest absolute Gasteiger partial charge is 0.121 e. The summed E-state index contributed by atoms with van der Waals surface area (Å²) in [7, 11) is 0. The van der Waals surface area contributed by atoms with E-state index in [0.717, 1.165) is 24.1 Å². The average Bonchev–Trinajstić information content (AvgIpc) is 3.54. The highest BCUT2D eigenvalue weighted by atomic mass is 16.3. The number of fused-ring (bicyclic) bond motifs is 1. The first kappa shape index (κ1) is 22.8. The number of nitrogens with one attached hydrogen (secondary N) is 2. The zero-order chi connectivity index (χ0) is 24.3. The monoisotopic (exact) mass is 454 g/mol. The SMILES string of the molecule is CC(C)(C)c1cc(C(C)(C)C)c(NC(C2=CNc3ccccc3C2=C2CC2)=C2CCC2)cc1O. The highest BCUT2D eigenvalue weighted by molar-refractivity contribution is 5.96. The minimum Gasteiger partial charge on any atom is -0.508 e. The molecule has 0 radical (unpaired) electrons. The summed E-state index contributed by atoms with van der Waals surface area (Å²) in [4.78, 5) is 0. The molecule has 34 heavy (non-hydrogen) atoms. The summed E-state index contributed by atoms with van der Waals surface area (Å²) >= 11 is 0. The van der Waals surface area contributed by atoms with Crippen LogP contribution in [0.1, 0.15) is 90.3 Å². The zero-order valence-corrected chi connectivity index (χ0v) is 21.5. The Morgan fingerprint density at radius 3 is 2.15 bits per heavy atom. The van der Waals surface area contributed by atoms with E-state index < -0.39 is 0 Å². The van der Waals surface area contributed by atoms with E-state index in [-0.39, 0.29) is 10.8 Å². The molecular weight excluding hydrogens is 416 g/mol. The van der Waals surface area contributed by atoms with Gasteiger partial charge in [-0.2, -0.15) is 0 Å². The molecule has 0 atom stereocenters. The Bertz CT molecular complexity index is 1230. The fourth-order valence-corrected chi connectivity index (χ4v) is 5.08. The number of anilines is 2. The summed E-state index contributed by atoms with van der Waals surface area (Å²) in [6, 6.07) is 12.8. The minimum atomic E-state index is -0.124. The first-order chi connectivity index (χ1) is 16.0. The number of phenolic OH excluding ortho intramolecular Hbond substituents is 1. The lowest BCUT2D eigenvalue weighted by atomic mass is 9.78. The normalized spacial score (nSPS) is 17.5. The number of aromatic hydroxyl groups is 1. The van der Waals surface area contributed by atoms with E-state index in [0.29, 0.717) is 5.75 Å². The van der Waals surface area contributed by atoms with E-state index in [9.17, 15) is 5.11 Å². The van der Waals surface area contributed by atoms with E-state index in [4.69, 9.17) is 0 Å². The van der Waals surface area contributed by atoms with E-state index in [1.807, 2.05) is 6.07 Å². The van der Waals surface area contributed by atoms with Crippen molar-refractivity contribution in [3.63, 3.8) is 0 Å². The first-order valence-electron chi connectivity index (χ1n) is 12.7. The van der Waals surface area contributed by atoms with Crippen LogP contribution < -0.4 is 10.6 Å². The molecule has 2 saturated carbocycles. The molecule has 3 nitrogen and oxygen atoms in total. The van der Waals surface area contributed by atoms with Gasteiger partial charge >= 0.3 is 0 Å². The number of hydrogen-bond acceptors (Lipinski definition) is 3. The Morgan fingerprint density at radius 1 is 0.882 bits per heavy atom. The van der Waals surface area contributed by atoms with Crippen molar-refractivity contribution in [1.82, 2.24) is 0 Å². The van der Waals surface area contributed by atoms with Crippen LogP contribution in [0.5, 0.6) is 5.75 Å². The lowest BCUT2D eigenvalue weighted by molar-refractivity contribution is 0.445. The summed E-state index contributed by atoms with van der Waals surface area (Å²) in [5.74, 6) is 0.364. The van der Waals surface area contributed by atoms with Gasteiger partial charge in [-0.05, 0) is 77.3 Å². The van der Waals surface area contributed by atoms with Crippen LogP contribution >= 0.6 is 0 Å². The van der Waals surface area contributed by atoms with Crippen LogP contribution in [-0.2, 0) is 10.8 Å². The van der Waals surface area contributed by atoms with Crippen molar-refractivity contribution in [2.75, 3.05) is 10.6 Å². The molecule has 3 heteroatoms. The zero-order valence-electron chi connectivity index (χ0n) is 21.5. The van der Waals surface area contributed by atoms with Gasteiger partial charge in [0, 0.05) is 40.5 Å². The van der Waals surface area contributed by atoms with E-state index in [1.165, 1.54) is 58.5 Å². The maximum atomic E-state index is 11.0. The molecule has 3 N–H and O–H groups in total. The van der Waals surface area contributed by atoms with Crippen LogP contribution in [0.3, 0.4) is 0 Å². The average molecular weight is 455 g/mol. The number of para-hydroxylation sites is 1. The van der Waals surface area contributed by atoms with Gasteiger partial charge in [0.05, 0.1) is 0 Å². The van der Waals surface area contributed by atoms with E-state index in [1.54, 1.807) is 5.57 Å². The summed E-state index contributed by atoms with van der Waals surface area (Å²) in [5.41, 5.74) is 12.4. The Labute approximate surface area is 204 Å². The first-order valence-corrected chi connectivity index (χ1v) is 12.7. The second-order valence-electron chi connectivity index (χ2n) is 12.1. The molecular formula is C31H38N2O. The Morgan fingerprint density at radius 2 is 1.56 bits per heavy atom. The molecule has 3 aliphatic rings. The quantitative estimate of drug-likeness (QED) is 0.436. The predicted octanol–water partition coefficient (Wildman–Crippen LogP) is 8.39. The molecule has 1 heterocycles. The number of hydrogen-bond donors (Lipinski definition) is 3. The second-order valence-corrected chi connectivity index (χ2v) is 12.1. The van der Waals surface area contributed by atoms with Crippen LogP contribution in [0, 0.1) is 0 Å². The van der Waals surface area contributed by atoms with Gasteiger partial charge in [-0.3, -0.25) is 0 Å². The molecule has 5 rings (SSSR count). The minimum absolute atomic E-state index is 0.0605. The molecule has 2 aliphatic carbocycles. The van der Waals surface area contributed by atoms with Crippen LogP contribution in [-0.4, -0.2) is 5.11 Å². The predicted molar refractivity (Wildman–Crippen MR) is 144 cm³/mol. The van der Waals surface area contributed by atoms with Crippen molar-refractivity contribution in [2.45, 2.75) is 84.5 Å². The summed E-state index contributed by atoms with van der Waals surface area (Å²) < 4.78 is 0. The lowest BCUT2D eigenvalue weighted by Gasteiger charge is -2.32. The summed E-state index contributed by atoms with van der Waals surface area (Å²) in [6.07, 6.45) is 8.04. The van der Waals surface area contributed by atoms with Crippen molar-refractivity contribution in [1.29, 1.82) is 0 Å². The fraction of sp³-hybridized carbons (Fsp3) is 0.419. The molecule has 0 bridgehead atoms. The van der Waals surface area contributed by atoms with Gasteiger partial charge in [0.15, 0.2) is 0 Å². The molecule has 2 fully saturated rings. The Hall–Kier alpha value is -2.94. The molecule has 0 aromatic heterocycles. The maximum Gasteiger partial charge on any atom is 0.121 e. The molecule has 0 saturated heterocycles. The van der Waals surface area contributed by atoms with Crippen LogP contribution in [0.4, 0.5) is 11.4 Å². The van der Waals surface area contributed by atoms with Gasteiger partial charge in [0.2, 0.25) is 0 Å². The van der Waals surface area contributed by atoms with Crippen LogP contribution in [0.25, 0.3) is 5.57 Å². The van der Waals surface area contributed by atoms with Gasteiger partial charge in [0.1, 0.15) is 5.75 Å². The number of rotatable bonds is 3. The molecule has 0 amide bonds. The third kappa shape index (κ3) is 4.17. The summed E-state index contributed by atoms with van der Waals surface area (Å²) in [6.45, 7) is 13.2. The van der Waals surface area contributed by atoms with Crippen LogP contribution in [0.2, 0.25) is 0 Å². The van der Waals surface area contributed by atoms with Crippen molar-refractivity contribution in [3.8, 4) is 5.75 Å². The lowest BCUT2D eigenvalue weighted by Crippen LogP contribution is -2.21. The largest absolute Gasteiger partial charge is 0.508 e. The van der Waals surface area contributed by atoms with E-state index in [2.05, 4.69) is 88.7 Å². The molecule has 178 valence electrons. The molecule has 2 aromatic rings. The molecule has 0 unspecified atom stereocenters. The molecule has 1 aliphatic heterocycles. The Balaban J connectivity index is 1.63. The maximum absolute atomic E-state index is 11.0. The highest BCUT2D eigenvalue weighted by Gasteiger charge is 2.31. The fourth-order valence-electron chi connectivity index (χ4n) is 5.08. The van der Waals surface area contributed by atoms with Crippen molar-refractivity contribution in [2.24, 2.45) is 0 Å². The molecule has 0 spiro atoms. The topological polar surface area (TPSA) is 44.3 Å². The third-order valence-corrected chi connectivity index (χ3v) is 7.28. The Kier molecular flexibility index (Phi) is 5.42. The van der Waals surface area contributed by atoms with Gasteiger partial charge in [-0.25, -0.2) is 0 Å². The van der Waals surface area contributed by atoms with Crippen molar-refractivity contribution in [3.05, 3.63) is 81.7 Å².